The average molecular weight is 369 g/mol. The van der Waals surface area contributed by atoms with Crippen molar-refractivity contribution < 1.29 is 9.59 Å². The molecule has 0 saturated carbocycles. The topological polar surface area (TPSA) is 49.4 Å². The summed E-state index contributed by atoms with van der Waals surface area (Å²) in [7, 11) is 0. The minimum absolute atomic E-state index is 0.145. The monoisotopic (exact) mass is 368 g/mol. The van der Waals surface area contributed by atoms with E-state index in [0.29, 0.717) is 28.3 Å². The Hall–Kier alpha value is -2.59. The lowest BCUT2D eigenvalue weighted by Gasteiger charge is -2.34. The third-order valence-corrected chi connectivity index (χ3v) is 5.01. The zero-order valence-corrected chi connectivity index (χ0v) is 15.6. The van der Waals surface area contributed by atoms with Crippen molar-refractivity contribution in [1.29, 1.82) is 0 Å². The molecule has 1 aliphatic heterocycles. The van der Waals surface area contributed by atoms with E-state index in [0.717, 1.165) is 6.54 Å². The minimum Gasteiger partial charge on any atom is -0.364 e. The molecule has 0 saturated heterocycles. The Morgan fingerprint density at radius 3 is 2.62 bits per heavy atom. The summed E-state index contributed by atoms with van der Waals surface area (Å²) in [5.74, 6) is -0.320. The van der Waals surface area contributed by atoms with Gasteiger partial charge in [0.2, 0.25) is 5.91 Å². The number of ketones is 1. The van der Waals surface area contributed by atoms with E-state index in [9.17, 15) is 9.59 Å². The van der Waals surface area contributed by atoms with Gasteiger partial charge in [-0.05, 0) is 44.7 Å². The number of likely N-dealkylation sites (N-methyl/N-ethyl adjacent to an activating group) is 1. The van der Waals surface area contributed by atoms with Crippen molar-refractivity contribution in [3.63, 3.8) is 0 Å². The van der Waals surface area contributed by atoms with E-state index in [2.05, 4.69) is 5.32 Å². The van der Waals surface area contributed by atoms with Gasteiger partial charge in [-0.15, -0.1) is 0 Å². The number of hydrogen-bond acceptors (Lipinski definition) is 3. The number of hydrogen-bond donors (Lipinski definition) is 1. The Kier molecular flexibility index (Phi) is 5.14. The first-order valence-electron chi connectivity index (χ1n) is 8.60. The highest BCUT2D eigenvalue weighted by atomic mass is 35.5. The van der Waals surface area contributed by atoms with Crippen molar-refractivity contribution in [1.82, 2.24) is 4.90 Å². The molecule has 0 radical (unpaired) electrons. The summed E-state index contributed by atoms with van der Waals surface area (Å²) < 4.78 is 0. The van der Waals surface area contributed by atoms with E-state index in [4.69, 9.17) is 11.6 Å². The van der Waals surface area contributed by atoms with Crippen LogP contribution >= 0.6 is 11.6 Å². The lowest BCUT2D eigenvalue weighted by Crippen LogP contribution is -2.50. The smallest absolute Gasteiger partial charge is 0.250 e. The first kappa shape index (κ1) is 18.2. The summed E-state index contributed by atoms with van der Waals surface area (Å²) in [4.78, 5) is 27.9. The van der Waals surface area contributed by atoms with Gasteiger partial charge in [0.05, 0.1) is 5.69 Å². The summed E-state index contributed by atoms with van der Waals surface area (Å²) in [6.45, 7) is 4.64. The second-order valence-corrected chi connectivity index (χ2v) is 6.92. The van der Waals surface area contributed by atoms with Gasteiger partial charge in [0.15, 0.2) is 5.78 Å². The molecule has 0 spiro atoms. The van der Waals surface area contributed by atoms with Crippen molar-refractivity contribution in [2.45, 2.75) is 25.8 Å². The highest BCUT2D eigenvalue weighted by Gasteiger charge is 2.39. The van der Waals surface area contributed by atoms with Gasteiger partial charge < -0.3 is 10.2 Å². The van der Waals surface area contributed by atoms with Crippen LogP contribution in [0.3, 0.4) is 0 Å². The van der Waals surface area contributed by atoms with Crippen molar-refractivity contribution in [3.8, 4) is 0 Å². The van der Waals surface area contributed by atoms with Crippen LogP contribution in [0.1, 0.15) is 36.2 Å². The van der Waals surface area contributed by atoms with Gasteiger partial charge in [-0.25, -0.2) is 0 Å². The van der Waals surface area contributed by atoms with Crippen LogP contribution in [0.4, 0.5) is 5.69 Å². The first-order chi connectivity index (χ1) is 12.5. The van der Waals surface area contributed by atoms with E-state index in [1.807, 2.05) is 37.1 Å². The number of carbonyl (C=O) groups excluding carboxylic acids is 2. The SMILES string of the molecule is CCN1C=CC[C@@]1(C)C(=O)Nc1ccc(Cl)cc1C(=O)c1ccccc1. The highest BCUT2D eigenvalue weighted by Crippen LogP contribution is 2.30. The van der Waals surface area contributed by atoms with Crippen molar-refractivity contribution >= 4 is 29.0 Å². The van der Waals surface area contributed by atoms with E-state index in [-0.39, 0.29) is 11.7 Å². The van der Waals surface area contributed by atoms with Gasteiger partial charge in [-0.3, -0.25) is 9.59 Å². The summed E-state index contributed by atoms with van der Waals surface area (Å²) in [5.41, 5.74) is 0.739. The molecule has 26 heavy (non-hydrogen) atoms. The van der Waals surface area contributed by atoms with Gasteiger partial charge in [-0.2, -0.15) is 0 Å². The number of nitrogens with one attached hydrogen (secondary N) is 1. The van der Waals surface area contributed by atoms with Crippen LogP contribution in [-0.4, -0.2) is 28.7 Å². The van der Waals surface area contributed by atoms with E-state index >= 15 is 0 Å². The van der Waals surface area contributed by atoms with Crippen molar-refractivity contribution in [2.24, 2.45) is 0 Å². The number of halogens is 1. The van der Waals surface area contributed by atoms with E-state index in [1.54, 1.807) is 42.5 Å². The highest BCUT2D eigenvalue weighted by molar-refractivity contribution is 6.31. The van der Waals surface area contributed by atoms with Crippen LogP contribution in [-0.2, 0) is 4.79 Å². The summed E-state index contributed by atoms with van der Waals surface area (Å²) in [6, 6.07) is 13.9. The summed E-state index contributed by atoms with van der Waals surface area (Å²) in [5, 5.41) is 3.39. The molecule has 134 valence electrons. The van der Waals surface area contributed by atoms with Gasteiger partial charge in [0, 0.05) is 22.7 Å². The number of amides is 1. The molecule has 4 nitrogen and oxygen atoms in total. The molecule has 1 heterocycles. The zero-order chi connectivity index (χ0) is 18.7. The van der Waals surface area contributed by atoms with Gasteiger partial charge in [0.1, 0.15) is 5.54 Å². The largest absolute Gasteiger partial charge is 0.364 e. The molecular weight excluding hydrogens is 348 g/mol. The number of anilines is 1. The van der Waals surface area contributed by atoms with Gasteiger partial charge in [0.25, 0.3) is 0 Å². The fourth-order valence-corrected chi connectivity index (χ4v) is 3.36. The molecule has 1 aliphatic rings. The number of nitrogens with zero attached hydrogens (tertiary/aromatic N) is 1. The molecule has 3 rings (SSSR count). The lowest BCUT2D eigenvalue weighted by atomic mass is 9.96. The molecule has 0 aromatic heterocycles. The Morgan fingerprint density at radius 1 is 1.19 bits per heavy atom. The quantitative estimate of drug-likeness (QED) is 0.790. The second-order valence-electron chi connectivity index (χ2n) is 6.49. The van der Waals surface area contributed by atoms with Crippen LogP contribution in [0.5, 0.6) is 0 Å². The van der Waals surface area contributed by atoms with E-state index in [1.165, 1.54) is 0 Å². The molecule has 1 N–H and O–H groups in total. The van der Waals surface area contributed by atoms with Crippen LogP contribution < -0.4 is 5.32 Å². The molecule has 0 aliphatic carbocycles. The van der Waals surface area contributed by atoms with Crippen molar-refractivity contribution in [2.75, 3.05) is 11.9 Å². The number of benzene rings is 2. The Labute approximate surface area is 158 Å². The molecule has 5 heteroatoms. The van der Waals surface area contributed by atoms with Crippen LogP contribution in [0.2, 0.25) is 5.02 Å². The van der Waals surface area contributed by atoms with Crippen LogP contribution in [0.15, 0.2) is 60.8 Å². The average Bonchev–Trinajstić information content (AvgIpc) is 3.05. The third kappa shape index (κ3) is 3.37. The van der Waals surface area contributed by atoms with Gasteiger partial charge in [-0.1, -0.05) is 48.0 Å². The zero-order valence-electron chi connectivity index (χ0n) is 14.8. The maximum atomic E-state index is 13.0. The normalized spacial score (nSPS) is 18.8. The van der Waals surface area contributed by atoms with E-state index < -0.39 is 5.54 Å². The molecule has 0 fully saturated rings. The van der Waals surface area contributed by atoms with Crippen LogP contribution in [0.25, 0.3) is 0 Å². The second kappa shape index (κ2) is 7.34. The predicted octanol–water partition coefficient (Wildman–Crippen LogP) is 4.51. The maximum Gasteiger partial charge on any atom is 0.250 e. The summed E-state index contributed by atoms with van der Waals surface area (Å²) in [6.07, 6.45) is 4.56. The number of rotatable bonds is 5. The molecule has 1 amide bonds. The fraction of sp³-hybridized carbons (Fsp3) is 0.238. The molecule has 1 atom stereocenters. The lowest BCUT2D eigenvalue weighted by molar-refractivity contribution is -0.124. The van der Waals surface area contributed by atoms with Crippen LogP contribution in [0, 0.1) is 0 Å². The molecule has 0 unspecified atom stereocenters. The maximum absolute atomic E-state index is 13.0. The standard InChI is InChI=1S/C21H21ClN2O2/c1-3-24-13-7-12-21(24,2)20(26)23-18-11-10-16(22)14-17(18)19(25)15-8-5-4-6-9-15/h4-11,13-14H,3,12H2,1-2H3,(H,23,26)/t21-/m0/s1. The molecule has 2 aromatic carbocycles. The predicted molar refractivity (Wildman–Crippen MR) is 104 cm³/mol. The first-order valence-corrected chi connectivity index (χ1v) is 8.97. The Balaban J connectivity index is 1.92. The van der Waals surface area contributed by atoms with Crippen molar-refractivity contribution in [3.05, 3.63) is 77.0 Å². The summed E-state index contributed by atoms with van der Waals surface area (Å²) >= 11 is 6.10. The molecule has 2 aromatic rings. The fourth-order valence-electron chi connectivity index (χ4n) is 3.18. The molecule has 0 bridgehead atoms. The Bertz CT molecular complexity index is 864. The van der Waals surface area contributed by atoms with Gasteiger partial charge >= 0.3 is 0 Å². The molecular formula is C21H21ClN2O2. The Morgan fingerprint density at radius 2 is 1.92 bits per heavy atom. The number of carbonyl (C=O) groups is 2. The minimum atomic E-state index is -0.665. The third-order valence-electron chi connectivity index (χ3n) is 4.77.